The zero-order chi connectivity index (χ0) is 23.6. The number of amides is 2. The molecule has 2 amide bonds. The smallest absolute Gasteiger partial charge is 0.239 e. The molecule has 182 valence electrons. The minimum atomic E-state index is -3.37. The lowest BCUT2D eigenvalue weighted by Gasteiger charge is -2.56. The van der Waals surface area contributed by atoms with Gasteiger partial charge in [0.1, 0.15) is 0 Å². The molecule has 0 radical (unpaired) electrons. The van der Waals surface area contributed by atoms with Crippen molar-refractivity contribution in [3.8, 4) is 0 Å². The van der Waals surface area contributed by atoms with Crippen LogP contribution in [0.15, 0.2) is 24.3 Å². The quantitative estimate of drug-likeness (QED) is 0.484. The molecule has 4 aliphatic carbocycles. The zero-order valence-corrected chi connectivity index (χ0v) is 20.5. The van der Waals surface area contributed by atoms with E-state index in [2.05, 4.69) is 15.4 Å². The molecule has 4 bridgehead atoms. The maximum absolute atomic E-state index is 12.6. The summed E-state index contributed by atoms with van der Waals surface area (Å²) < 4.78 is 26.6. The summed E-state index contributed by atoms with van der Waals surface area (Å²) in [4.78, 5) is 24.8. The Balaban J connectivity index is 1.18. The van der Waals surface area contributed by atoms with Crippen molar-refractivity contribution in [3.05, 3.63) is 35.4 Å². The van der Waals surface area contributed by atoms with Gasteiger partial charge >= 0.3 is 0 Å². The molecule has 4 fully saturated rings. The molecule has 1 aromatic rings. The largest absolute Gasteiger partial charge is 0.350 e. The van der Waals surface area contributed by atoms with E-state index in [1.54, 1.807) is 26.0 Å². The van der Waals surface area contributed by atoms with Crippen molar-refractivity contribution in [1.29, 1.82) is 0 Å². The predicted octanol–water partition coefficient (Wildman–Crippen LogP) is 2.85. The molecule has 0 aromatic heterocycles. The number of carbonyl (C=O) groups is 2. The minimum absolute atomic E-state index is 0.00679. The highest BCUT2D eigenvalue weighted by atomic mass is 32.2. The van der Waals surface area contributed by atoms with E-state index in [1.165, 1.54) is 38.5 Å². The summed E-state index contributed by atoms with van der Waals surface area (Å²) in [5.74, 6) is 2.13. The molecular formula is C25H37N3O4S. The Bertz CT molecular complexity index is 937. The fraction of sp³-hybridized carbons (Fsp3) is 0.680. The molecule has 5 rings (SSSR count). The highest BCUT2D eigenvalue weighted by Gasteiger charge is 2.51. The number of hydrogen-bond donors (Lipinski definition) is 3. The maximum atomic E-state index is 12.6. The molecule has 3 N–H and O–H groups in total. The molecule has 0 atom stereocenters. The van der Waals surface area contributed by atoms with Gasteiger partial charge in [-0.2, -0.15) is 0 Å². The van der Waals surface area contributed by atoms with E-state index < -0.39 is 10.0 Å². The van der Waals surface area contributed by atoms with Crippen LogP contribution in [0.3, 0.4) is 0 Å². The van der Waals surface area contributed by atoms with Crippen molar-refractivity contribution in [3.63, 3.8) is 0 Å². The number of nitrogens with one attached hydrogen (secondary N) is 3. The van der Waals surface area contributed by atoms with Crippen molar-refractivity contribution in [1.82, 2.24) is 15.4 Å². The van der Waals surface area contributed by atoms with Crippen molar-refractivity contribution in [2.75, 3.05) is 6.54 Å². The summed E-state index contributed by atoms with van der Waals surface area (Å²) >= 11 is 0. The molecule has 1 aromatic carbocycles. The van der Waals surface area contributed by atoms with E-state index in [1.807, 2.05) is 12.1 Å². The first-order chi connectivity index (χ1) is 15.6. The van der Waals surface area contributed by atoms with E-state index in [0.717, 1.165) is 23.3 Å². The van der Waals surface area contributed by atoms with Gasteiger partial charge in [0, 0.05) is 19.0 Å². The van der Waals surface area contributed by atoms with Crippen LogP contribution < -0.4 is 15.4 Å². The predicted molar refractivity (Wildman–Crippen MR) is 127 cm³/mol. The van der Waals surface area contributed by atoms with Crippen LogP contribution in [-0.4, -0.2) is 32.8 Å². The van der Waals surface area contributed by atoms with Gasteiger partial charge in [-0.1, -0.05) is 24.3 Å². The number of hydrogen-bond acceptors (Lipinski definition) is 4. The van der Waals surface area contributed by atoms with Crippen molar-refractivity contribution >= 4 is 21.8 Å². The lowest BCUT2D eigenvalue weighted by atomic mass is 9.49. The first-order valence-electron chi connectivity index (χ1n) is 12.2. The van der Waals surface area contributed by atoms with Crippen molar-refractivity contribution < 1.29 is 18.0 Å². The maximum Gasteiger partial charge on any atom is 0.239 e. The summed E-state index contributed by atoms with van der Waals surface area (Å²) in [7, 11) is -3.37. The van der Waals surface area contributed by atoms with Crippen LogP contribution in [0, 0.1) is 23.2 Å². The third-order valence-electron chi connectivity index (χ3n) is 7.43. The van der Waals surface area contributed by atoms with Crippen LogP contribution >= 0.6 is 0 Å². The Kier molecular flexibility index (Phi) is 7.15. The number of rotatable bonds is 10. The van der Waals surface area contributed by atoms with E-state index in [-0.39, 0.29) is 35.6 Å². The van der Waals surface area contributed by atoms with Gasteiger partial charge in [-0.3, -0.25) is 9.59 Å². The lowest BCUT2D eigenvalue weighted by Crippen LogP contribution is -2.48. The topological polar surface area (TPSA) is 104 Å². The molecule has 8 heteroatoms. The van der Waals surface area contributed by atoms with Crippen LogP contribution in [0.4, 0.5) is 0 Å². The second-order valence-corrected chi connectivity index (χ2v) is 12.7. The van der Waals surface area contributed by atoms with Gasteiger partial charge in [-0.05, 0) is 86.7 Å². The molecule has 7 nitrogen and oxygen atoms in total. The summed E-state index contributed by atoms with van der Waals surface area (Å²) in [5.41, 5.74) is 1.74. The molecule has 0 heterocycles. The molecule has 0 saturated heterocycles. The van der Waals surface area contributed by atoms with Crippen LogP contribution in [0.5, 0.6) is 0 Å². The molecule has 0 aliphatic heterocycles. The third kappa shape index (κ3) is 6.57. The summed E-state index contributed by atoms with van der Waals surface area (Å²) in [5, 5.41) is 5.64. The average Bonchev–Trinajstić information content (AvgIpc) is 2.69. The Hall–Kier alpha value is -1.93. The van der Waals surface area contributed by atoms with Gasteiger partial charge in [0.25, 0.3) is 0 Å². The first-order valence-corrected chi connectivity index (χ1v) is 13.9. The van der Waals surface area contributed by atoms with Crippen LogP contribution in [0.2, 0.25) is 0 Å². The Morgan fingerprint density at radius 1 is 0.909 bits per heavy atom. The van der Waals surface area contributed by atoms with Crippen LogP contribution in [-0.2, 0) is 31.9 Å². The van der Waals surface area contributed by atoms with Gasteiger partial charge in [0.05, 0.1) is 12.3 Å². The van der Waals surface area contributed by atoms with Gasteiger partial charge in [-0.15, -0.1) is 0 Å². The van der Waals surface area contributed by atoms with E-state index in [4.69, 9.17) is 0 Å². The third-order valence-corrected chi connectivity index (χ3v) is 8.98. The SMILES string of the molecule is CC(C)NS(=O)(=O)Cc1ccc(CNC(=O)CNC(=O)CC23CC4CC(CC(C4)C2)C3)cc1. The zero-order valence-electron chi connectivity index (χ0n) is 19.7. The number of benzene rings is 1. The van der Waals surface area contributed by atoms with Crippen LogP contribution in [0.25, 0.3) is 0 Å². The second kappa shape index (κ2) is 9.74. The fourth-order valence-corrected chi connectivity index (χ4v) is 8.16. The van der Waals surface area contributed by atoms with E-state index >= 15 is 0 Å². The summed E-state index contributed by atoms with van der Waals surface area (Å²) in [6.45, 7) is 3.90. The van der Waals surface area contributed by atoms with Gasteiger partial charge in [-0.25, -0.2) is 13.1 Å². The molecule has 0 unspecified atom stereocenters. The number of carbonyl (C=O) groups excluding carboxylic acids is 2. The highest BCUT2D eigenvalue weighted by molar-refractivity contribution is 7.88. The molecule has 4 aliphatic rings. The number of sulfonamides is 1. The molecule has 33 heavy (non-hydrogen) atoms. The van der Waals surface area contributed by atoms with Crippen LogP contribution in [0.1, 0.15) is 69.9 Å². The fourth-order valence-electron chi connectivity index (χ4n) is 6.73. The standard InChI is InChI=1S/C25H37N3O4S/c1-17(2)28-33(31,32)16-19-5-3-18(4-6-19)14-26-24(30)15-27-23(29)13-25-10-20-7-21(11-25)9-22(8-20)12-25/h3-6,17,20-22,28H,7-16H2,1-2H3,(H,26,30)(H,27,29). The molecular weight excluding hydrogens is 438 g/mol. The van der Waals surface area contributed by atoms with E-state index in [9.17, 15) is 18.0 Å². The monoisotopic (exact) mass is 475 g/mol. The first kappa shape index (κ1) is 24.2. The molecule has 0 spiro atoms. The van der Waals surface area contributed by atoms with Gasteiger partial charge < -0.3 is 10.6 Å². The Morgan fingerprint density at radius 2 is 1.45 bits per heavy atom. The Morgan fingerprint density at radius 3 is 2.00 bits per heavy atom. The van der Waals surface area contributed by atoms with Crippen molar-refractivity contribution in [2.24, 2.45) is 23.2 Å². The highest BCUT2D eigenvalue weighted by Crippen LogP contribution is 2.61. The van der Waals surface area contributed by atoms with Crippen molar-refractivity contribution in [2.45, 2.75) is 77.1 Å². The summed E-state index contributed by atoms with van der Waals surface area (Å²) in [6, 6.07) is 7.00. The second-order valence-electron chi connectivity index (χ2n) is 11.0. The van der Waals surface area contributed by atoms with Gasteiger partial charge in [0.2, 0.25) is 21.8 Å². The van der Waals surface area contributed by atoms with Gasteiger partial charge in [0.15, 0.2) is 0 Å². The van der Waals surface area contributed by atoms with E-state index in [0.29, 0.717) is 18.5 Å². The Labute approximate surface area is 197 Å². The molecule has 4 saturated carbocycles. The normalized spacial score (nSPS) is 28.2. The lowest BCUT2D eigenvalue weighted by molar-refractivity contribution is -0.131. The summed E-state index contributed by atoms with van der Waals surface area (Å²) in [6.07, 6.45) is 8.18. The average molecular weight is 476 g/mol. The minimum Gasteiger partial charge on any atom is -0.350 e.